The molecule has 0 saturated heterocycles. The summed E-state index contributed by atoms with van der Waals surface area (Å²) in [6.45, 7) is 4.10. The smallest absolute Gasteiger partial charge is 0.122 e. The summed E-state index contributed by atoms with van der Waals surface area (Å²) in [5.41, 5.74) is 11.9. The van der Waals surface area contributed by atoms with E-state index in [4.69, 9.17) is 10.5 Å². The minimum absolute atomic E-state index is 0.173. The van der Waals surface area contributed by atoms with Crippen molar-refractivity contribution in [2.24, 2.45) is 5.73 Å². The molecule has 0 radical (unpaired) electrons. The molecule has 0 fully saturated rings. The first-order chi connectivity index (χ1) is 10.1. The van der Waals surface area contributed by atoms with Gasteiger partial charge < -0.3 is 10.5 Å². The van der Waals surface area contributed by atoms with Gasteiger partial charge in [-0.05, 0) is 59.7 Å². The molecule has 2 heterocycles. The van der Waals surface area contributed by atoms with E-state index in [0.717, 1.165) is 33.5 Å². The molecular formula is C17H18N2OS. The number of hydrogen-bond acceptors (Lipinski definition) is 4. The van der Waals surface area contributed by atoms with E-state index >= 15 is 0 Å². The number of ether oxygens (including phenoxy) is 1. The van der Waals surface area contributed by atoms with E-state index in [9.17, 15) is 0 Å². The van der Waals surface area contributed by atoms with E-state index in [2.05, 4.69) is 29.4 Å². The van der Waals surface area contributed by atoms with Crippen molar-refractivity contribution < 1.29 is 4.74 Å². The molecule has 2 aromatic heterocycles. The summed E-state index contributed by atoms with van der Waals surface area (Å²) >= 11 is 1.69. The Morgan fingerprint density at radius 1 is 1.19 bits per heavy atom. The SMILES string of the molecule is COc1cc(C)c(C(N)c2cnc3ccsc3c2)cc1C. The minimum Gasteiger partial charge on any atom is -0.496 e. The van der Waals surface area contributed by atoms with E-state index in [1.54, 1.807) is 18.4 Å². The van der Waals surface area contributed by atoms with Gasteiger partial charge in [-0.25, -0.2) is 0 Å². The molecule has 3 nitrogen and oxygen atoms in total. The van der Waals surface area contributed by atoms with Crippen LogP contribution in [0, 0.1) is 13.8 Å². The molecule has 0 aliphatic rings. The summed E-state index contributed by atoms with van der Waals surface area (Å²) < 4.78 is 6.53. The molecule has 0 spiro atoms. The van der Waals surface area contributed by atoms with Gasteiger partial charge in [-0.15, -0.1) is 11.3 Å². The first-order valence-corrected chi connectivity index (χ1v) is 7.72. The van der Waals surface area contributed by atoms with E-state index in [1.165, 1.54) is 4.70 Å². The predicted octanol–water partition coefficient (Wildman–Crippen LogP) is 3.97. The maximum atomic E-state index is 6.46. The van der Waals surface area contributed by atoms with Gasteiger partial charge >= 0.3 is 0 Å². The van der Waals surface area contributed by atoms with Gasteiger partial charge in [0.1, 0.15) is 5.75 Å². The number of methoxy groups -OCH3 is 1. The van der Waals surface area contributed by atoms with Crippen molar-refractivity contribution in [2.75, 3.05) is 7.11 Å². The summed E-state index contributed by atoms with van der Waals surface area (Å²) in [6, 6.07) is 8.14. The normalized spacial score (nSPS) is 12.6. The number of pyridine rings is 1. The molecule has 0 amide bonds. The molecule has 3 aromatic rings. The number of aryl methyl sites for hydroxylation is 2. The fourth-order valence-electron chi connectivity index (χ4n) is 2.58. The van der Waals surface area contributed by atoms with Crippen molar-refractivity contribution in [2.45, 2.75) is 19.9 Å². The van der Waals surface area contributed by atoms with Gasteiger partial charge in [0.05, 0.1) is 23.4 Å². The Morgan fingerprint density at radius 2 is 2.00 bits per heavy atom. The monoisotopic (exact) mass is 298 g/mol. The molecule has 1 aromatic carbocycles. The number of benzene rings is 1. The summed E-state index contributed by atoms with van der Waals surface area (Å²) in [6.07, 6.45) is 1.87. The van der Waals surface area contributed by atoms with Crippen LogP contribution in [0.15, 0.2) is 35.8 Å². The average Bonchev–Trinajstić information content (AvgIpc) is 2.95. The molecule has 2 N–H and O–H groups in total. The van der Waals surface area contributed by atoms with E-state index in [1.807, 2.05) is 25.3 Å². The van der Waals surface area contributed by atoms with Crippen LogP contribution < -0.4 is 10.5 Å². The minimum atomic E-state index is -0.173. The van der Waals surface area contributed by atoms with Gasteiger partial charge in [0.25, 0.3) is 0 Å². The summed E-state index contributed by atoms with van der Waals surface area (Å²) in [7, 11) is 1.69. The highest BCUT2D eigenvalue weighted by atomic mass is 32.1. The van der Waals surface area contributed by atoms with Crippen LogP contribution in [0.2, 0.25) is 0 Å². The molecule has 1 unspecified atom stereocenters. The van der Waals surface area contributed by atoms with Crippen molar-refractivity contribution in [3.8, 4) is 5.75 Å². The van der Waals surface area contributed by atoms with Crippen molar-refractivity contribution in [3.63, 3.8) is 0 Å². The van der Waals surface area contributed by atoms with Gasteiger partial charge in [-0.3, -0.25) is 4.98 Å². The lowest BCUT2D eigenvalue weighted by Gasteiger charge is -2.17. The molecule has 1 atom stereocenters. The molecule has 21 heavy (non-hydrogen) atoms. The van der Waals surface area contributed by atoms with Crippen LogP contribution in [0.3, 0.4) is 0 Å². The van der Waals surface area contributed by atoms with Gasteiger partial charge in [-0.2, -0.15) is 0 Å². The molecule has 0 saturated carbocycles. The second-order valence-electron chi connectivity index (χ2n) is 5.23. The van der Waals surface area contributed by atoms with Crippen LogP contribution in [0.4, 0.5) is 0 Å². The Bertz CT molecular complexity index is 795. The maximum absolute atomic E-state index is 6.46. The number of nitrogens with zero attached hydrogens (tertiary/aromatic N) is 1. The lowest BCUT2D eigenvalue weighted by atomic mass is 9.94. The lowest BCUT2D eigenvalue weighted by molar-refractivity contribution is 0.411. The zero-order valence-electron chi connectivity index (χ0n) is 12.4. The second-order valence-corrected chi connectivity index (χ2v) is 6.18. The van der Waals surface area contributed by atoms with E-state index in [0.29, 0.717) is 0 Å². The first kappa shape index (κ1) is 14.0. The number of rotatable bonds is 3. The van der Waals surface area contributed by atoms with Crippen molar-refractivity contribution in [3.05, 3.63) is 58.1 Å². The first-order valence-electron chi connectivity index (χ1n) is 6.84. The molecule has 0 bridgehead atoms. The summed E-state index contributed by atoms with van der Waals surface area (Å²) in [5.74, 6) is 0.898. The highest BCUT2D eigenvalue weighted by Crippen LogP contribution is 2.30. The zero-order chi connectivity index (χ0) is 15.0. The van der Waals surface area contributed by atoms with E-state index < -0.39 is 0 Å². The Morgan fingerprint density at radius 3 is 2.76 bits per heavy atom. The number of hydrogen-bond donors (Lipinski definition) is 1. The van der Waals surface area contributed by atoms with Gasteiger partial charge in [0.15, 0.2) is 0 Å². The van der Waals surface area contributed by atoms with Crippen LogP contribution >= 0.6 is 11.3 Å². The molecule has 4 heteroatoms. The highest BCUT2D eigenvalue weighted by molar-refractivity contribution is 7.17. The summed E-state index contributed by atoms with van der Waals surface area (Å²) in [5, 5.41) is 2.05. The van der Waals surface area contributed by atoms with Crippen molar-refractivity contribution in [1.82, 2.24) is 4.98 Å². The van der Waals surface area contributed by atoms with Gasteiger partial charge in [0.2, 0.25) is 0 Å². The third-order valence-electron chi connectivity index (χ3n) is 3.80. The number of aromatic nitrogens is 1. The van der Waals surface area contributed by atoms with Crippen LogP contribution in [-0.2, 0) is 0 Å². The molecule has 0 aliphatic heterocycles. The number of nitrogens with two attached hydrogens (primary N) is 1. The Balaban J connectivity index is 2.04. The molecule has 108 valence electrons. The van der Waals surface area contributed by atoms with E-state index in [-0.39, 0.29) is 6.04 Å². The standard InChI is InChI=1S/C17H18N2OS/c1-10-7-15(20-3)11(2)6-13(10)17(18)12-8-16-14(19-9-12)4-5-21-16/h4-9,17H,18H2,1-3H3. The van der Waals surface area contributed by atoms with Crippen LogP contribution in [0.1, 0.15) is 28.3 Å². The molecule has 0 aliphatic carbocycles. The van der Waals surface area contributed by atoms with Crippen molar-refractivity contribution in [1.29, 1.82) is 0 Å². The van der Waals surface area contributed by atoms with Crippen LogP contribution in [0.5, 0.6) is 5.75 Å². The Kier molecular flexibility index (Phi) is 3.66. The Hall–Kier alpha value is -1.91. The third-order valence-corrected chi connectivity index (χ3v) is 4.65. The lowest BCUT2D eigenvalue weighted by Crippen LogP contribution is -2.14. The number of thiophene rings is 1. The summed E-state index contributed by atoms with van der Waals surface area (Å²) in [4.78, 5) is 4.48. The van der Waals surface area contributed by atoms with Gasteiger partial charge in [-0.1, -0.05) is 6.07 Å². The van der Waals surface area contributed by atoms with Crippen molar-refractivity contribution >= 4 is 21.6 Å². The van der Waals surface area contributed by atoms with Gasteiger partial charge in [0, 0.05) is 6.20 Å². The fourth-order valence-corrected chi connectivity index (χ4v) is 3.37. The third kappa shape index (κ3) is 2.52. The largest absolute Gasteiger partial charge is 0.496 e. The van der Waals surface area contributed by atoms with Crippen LogP contribution in [-0.4, -0.2) is 12.1 Å². The Labute approximate surface area is 128 Å². The molecular weight excluding hydrogens is 280 g/mol. The highest BCUT2D eigenvalue weighted by Gasteiger charge is 2.15. The topological polar surface area (TPSA) is 48.1 Å². The zero-order valence-corrected chi connectivity index (χ0v) is 13.2. The maximum Gasteiger partial charge on any atom is 0.122 e. The average molecular weight is 298 g/mol. The fraction of sp³-hybridized carbons (Fsp3) is 0.235. The molecule has 3 rings (SSSR count). The quantitative estimate of drug-likeness (QED) is 0.796. The number of fused-ring (bicyclic) bond motifs is 1. The van der Waals surface area contributed by atoms with Crippen LogP contribution in [0.25, 0.3) is 10.2 Å². The predicted molar refractivity (Wildman–Crippen MR) is 88.1 cm³/mol. The second kappa shape index (κ2) is 5.47.